The molecular weight excluding hydrogens is 320 g/mol. The highest BCUT2D eigenvalue weighted by Gasteiger charge is 2.13. The van der Waals surface area contributed by atoms with E-state index in [2.05, 4.69) is 53.1 Å². The summed E-state index contributed by atoms with van der Waals surface area (Å²) in [7, 11) is 0. The Hall–Kier alpha value is -3.53. The van der Waals surface area contributed by atoms with Gasteiger partial charge < -0.3 is 5.32 Å². The first-order chi connectivity index (χ1) is 12.8. The standard InChI is InChI=1S/C22H18N4/c1-3-24-22-15(2)21(26-20-11-13-23-14-18(20)22)17-9-7-16(8-10-17)19-6-4-5-12-25-19/h3-14H,1H2,2H3,(H,24,26). The molecule has 0 saturated carbocycles. The number of fused-ring (bicyclic) bond motifs is 1. The molecule has 0 atom stereocenters. The molecule has 0 aliphatic carbocycles. The second kappa shape index (κ2) is 6.76. The molecule has 4 aromatic rings. The predicted molar refractivity (Wildman–Crippen MR) is 107 cm³/mol. The SMILES string of the molecule is C=CNc1c(C)c(-c2ccc(-c3ccccn3)cc2)nc2ccncc12. The predicted octanol–water partition coefficient (Wildman–Crippen LogP) is 5.22. The monoisotopic (exact) mass is 338 g/mol. The summed E-state index contributed by atoms with van der Waals surface area (Å²) in [5.74, 6) is 0. The van der Waals surface area contributed by atoms with Crippen LogP contribution in [0.4, 0.5) is 5.69 Å². The number of hydrogen-bond acceptors (Lipinski definition) is 4. The summed E-state index contributed by atoms with van der Waals surface area (Å²) in [6, 6.07) is 16.2. The molecule has 1 aromatic carbocycles. The van der Waals surface area contributed by atoms with E-state index in [-0.39, 0.29) is 0 Å². The van der Waals surface area contributed by atoms with Crippen molar-refractivity contribution in [3.63, 3.8) is 0 Å². The van der Waals surface area contributed by atoms with Gasteiger partial charge in [-0.25, -0.2) is 4.98 Å². The number of aromatic nitrogens is 3. The van der Waals surface area contributed by atoms with Crippen LogP contribution in [-0.4, -0.2) is 15.0 Å². The van der Waals surface area contributed by atoms with Gasteiger partial charge in [0.2, 0.25) is 0 Å². The number of rotatable bonds is 4. The minimum atomic E-state index is 0.902. The molecule has 4 heteroatoms. The highest BCUT2D eigenvalue weighted by atomic mass is 14.9. The lowest BCUT2D eigenvalue weighted by Gasteiger charge is -2.14. The summed E-state index contributed by atoms with van der Waals surface area (Å²) in [6.07, 6.45) is 7.08. The van der Waals surface area contributed by atoms with Crippen LogP contribution in [-0.2, 0) is 0 Å². The average Bonchev–Trinajstić information content (AvgIpc) is 2.71. The topological polar surface area (TPSA) is 50.7 Å². The highest BCUT2D eigenvalue weighted by molar-refractivity contribution is 5.96. The first-order valence-corrected chi connectivity index (χ1v) is 8.41. The lowest BCUT2D eigenvalue weighted by atomic mass is 10.0. The van der Waals surface area contributed by atoms with Crippen LogP contribution in [0.25, 0.3) is 33.4 Å². The Labute approximate surface area is 152 Å². The van der Waals surface area contributed by atoms with Gasteiger partial charge in [-0.05, 0) is 36.9 Å². The molecule has 3 heterocycles. The van der Waals surface area contributed by atoms with Crippen LogP contribution in [0.5, 0.6) is 0 Å². The number of pyridine rings is 3. The summed E-state index contributed by atoms with van der Waals surface area (Å²) >= 11 is 0. The van der Waals surface area contributed by atoms with Crippen molar-refractivity contribution in [2.24, 2.45) is 0 Å². The fraction of sp³-hybridized carbons (Fsp3) is 0.0455. The van der Waals surface area contributed by atoms with E-state index in [9.17, 15) is 0 Å². The van der Waals surface area contributed by atoms with Crippen molar-refractivity contribution >= 4 is 16.6 Å². The second-order valence-corrected chi connectivity index (χ2v) is 5.99. The van der Waals surface area contributed by atoms with Gasteiger partial charge in [-0.3, -0.25) is 9.97 Å². The number of hydrogen-bond donors (Lipinski definition) is 1. The van der Waals surface area contributed by atoms with Crippen molar-refractivity contribution in [1.29, 1.82) is 0 Å². The van der Waals surface area contributed by atoms with E-state index in [1.165, 1.54) is 0 Å². The molecule has 0 spiro atoms. The van der Waals surface area contributed by atoms with E-state index >= 15 is 0 Å². The van der Waals surface area contributed by atoms with Gasteiger partial charge in [-0.2, -0.15) is 0 Å². The molecule has 0 radical (unpaired) electrons. The van der Waals surface area contributed by atoms with Gasteiger partial charge in [-0.15, -0.1) is 0 Å². The average molecular weight is 338 g/mol. The quantitative estimate of drug-likeness (QED) is 0.554. The first-order valence-electron chi connectivity index (χ1n) is 8.41. The van der Waals surface area contributed by atoms with Crippen LogP contribution in [0.2, 0.25) is 0 Å². The van der Waals surface area contributed by atoms with Gasteiger partial charge in [0.1, 0.15) is 0 Å². The zero-order valence-corrected chi connectivity index (χ0v) is 14.5. The molecule has 26 heavy (non-hydrogen) atoms. The smallest absolute Gasteiger partial charge is 0.0761 e. The maximum absolute atomic E-state index is 4.86. The number of anilines is 1. The van der Waals surface area contributed by atoms with Crippen molar-refractivity contribution in [1.82, 2.24) is 15.0 Å². The fourth-order valence-corrected chi connectivity index (χ4v) is 3.10. The van der Waals surface area contributed by atoms with E-state index in [1.54, 1.807) is 18.6 Å². The van der Waals surface area contributed by atoms with Crippen LogP contribution >= 0.6 is 0 Å². The second-order valence-electron chi connectivity index (χ2n) is 5.99. The van der Waals surface area contributed by atoms with Crippen LogP contribution in [0, 0.1) is 6.92 Å². The van der Waals surface area contributed by atoms with Crippen LogP contribution in [0.15, 0.2) is 79.9 Å². The fourth-order valence-electron chi connectivity index (χ4n) is 3.10. The van der Waals surface area contributed by atoms with Gasteiger partial charge >= 0.3 is 0 Å². The van der Waals surface area contributed by atoms with E-state index in [1.807, 2.05) is 30.5 Å². The lowest BCUT2D eigenvalue weighted by Crippen LogP contribution is -1.98. The zero-order valence-electron chi connectivity index (χ0n) is 14.5. The summed E-state index contributed by atoms with van der Waals surface area (Å²) in [6.45, 7) is 5.86. The zero-order chi connectivity index (χ0) is 17.9. The number of nitrogens with one attached hydrogen (secondary N) is 1. The van der Waals surface area contributed by atoms with Gasteiger partial charge in [0.05, 0.1) is 22.6 Å². The maximum atomic E-state index is 4.86. The van der Waals surface area contributed by atoms with Gasteiger partial charge in [0.25, 0.3) is 0 Å². The molecule has 0 unspecified atom stereocenters. The van der Waals surface area contributed by atoms with Crippen molar-refractivity contribution in [3.8, 4) is 22.5 Å². The largest absolute Gasteiger partial charge is 0.361 e. The molecule has 0 saturated heterocycles. The van der Waals surface area contributed by atoms with Crippen molar-refractivity contribution < 1.29 is 0 Å². The number of benzene rings is 1. The molecule has 4 nitrogen and oxygen atoms in total. The molecule has 0 aliphatic heterocycles. The summed E-state index contributed by atoms with van der Waals surface area (Å²) < 4.78 is 0. The minimum absolute atomic E-state index is 0.902. The third-order valence-corrected chi connectivity index (χ3v) is 4.40. The van der Waals surface area contributed by atoms with Crippen molar-refractivity contribution in [3.05, 3.63) is 85.5 Å². The van der Waals surface area contributed by atoms with Crippen LogP contribution in [0.3, 0.4) is 0 Å². The first kappa shape index (κ1) is 16.0. The Bertz CT molecular complexity index is 1070. The summed E-state index contributed by atoms with van der Waals surface area (Å²) in [4.78, 5) is 13.5. The third kappa shape index (κ3) is 2.82. The molecular formula is C22H18N4. The Balaban J connectivity index is 1.84. The van der Waals surface area contributed by atoms with Crippen LogP contribution in [0.1, 0.15) is 5.56 Å². The Morgan fingerprint density at radius 3 is 2.50 bits per heavy atom. The maximum Gasteiger partial charge on any atom is 0.0761 e. The Kier molecular flexibility index (Phi) is 4.15. The van der Waals surface area contributed by atoms with Crippen LogP contribution < -0.4 is 5.32 Å². The van der Waals surface area contributed by atoms with E-state index in [0.29, 0.717) is 0 Å². The minimum Gasteiger partial charge on any atom is -0.361 e. The molecule has 3 aromatic heterocycles. The number of nitrogens with zero attached hydrogens (tertiary/aromatic N) is 3. The summed E-state index contributed by atoms with van der Waals surface area (Å²) in [5.41, 5.74) is 7.01. The molecule has 0 amide bonds. The molecule has 0 bridgehead atoms. The van der Waals surface area contributed by atoms with Gasteiger partial charge in [-0.1, -0.05) is 36.9 Å². The van der Waals surface area contributed by atoms with Gasteiger partial charge in [0.15, 0.2) is 0 Å². The van der Waals surface area contributed by atoms with Gasteiger partial charge in [0, 0.05) is 35.1 Å². The Morgan fingerprint density at radius 2 is 1.77 bits per heavy atom. The molecule has 0 aliphatic rings. The molecule has 4 rings (SSSR count). The van der Waals surface area contributed by atoms with E-state index in [4.69, 9.17) is 4.98 Å². The normalized spacial score (nSPS) is 10.7. The molecule has 1 N–H and O–H groups in total. The van der Waals surface area contributed by atoms with Crippen molar-refractivity contribution in [2.45, 2.75) is 6.92 Å². The molecule has 0 fully saturated rings. The van der Waals surface area contributed by atoms with E-state index in [0.717, 1.165) is 44.7 Å². The van der Waals surface area contributed by atoms with Crippen molar-refractivity contribution in [2.75, 3.05) is 5.32 Å². The highest BCUT2D eigenvalue weighted by Crippen LogP contribution is 2.33. The summed E-state index contributed by atoms with van der Waals surface area (Å²) in [5, 5.41) is 4.23. The lowest BCUT2D eigenvalue weighted by molar-refractivity contribution is 1.29. The van der Waals surface area contributed by atoms with E-state index < -0.39 is 0 Å². The molecule has 126 valence electrons. The Morgan fingerprint density at radius 1 is 0.962 bits per heavy atom. The third-order valence-electron chi connectivity index (χ3n) is 4.40.